The van der Waals surface area contributed by atoms with Gasteiger partial charge in [0.05, 0.1) is 0 Å². The molecule has 3 nitrogen and oxygen atoms in total. The average Bonchev–Trinajstić information content (AvgIpc) is 2.13. The number of rotatable bonds is 1. The zero-order chi connectivity index (χ0) is 6.85. The Morgan fingerprint density at radius 3 is 2.67 bits per heavy atom. The van der Waals surface area contributed by atoms with Crippen LogP contribution < -0.4 is 0 Å². The molecule has 50 valence electrons. The van der Waals surface area contributed by atoms with E-state index in [4.69, 9.17) is 4.74 Å². The fourth-order valence-electron chi connectivity index (χ4n) is 0.621. The number of ether oxygens (including phenoxy) is 2. The molecule has 0 radical (unpaired) electrons. The molecule has 0 aliphatic carbocycles. The van der Waals surface area contributed by atoms with E-state index in [2.05, 4.69) is 4.74 Å². The maximum atomic E-state index is 10.6. The van der Waals surface area contributed by atoms with Gasteiger partial charge in [0.25, 0.3) is 0 Å². The lowest BCUT2D eigenvalue weighted by atomic mass is 10.3. The second-order valence-corrected chi connectivity index (χ2v) is 1.86. The van der Waals surface area contributed by atoms with Crippen molar-refractivity contribution in [1.82, 2.24) is 0 Å². The van der Waals surface area contributed by atoms with Crippen LogP contribution in [0.3, 0.4) is 0 Å². The van der Waals surface area contributed by atoms with Crippen molar-refractivity contribution in [2.45, 2.75) is 13.2 Å². The summed E-state index contributed by atoms with van der Waals surface area (Å²) in [4.78, 5) is 10.6. The van der Waals surface area contributed by atoms with Crippen molar-refractivity contribution in [1.29, 1.82) is 0 Å². The van der Waals surface area contributed by atoms with Gasteiger partial charge in [0.15, 0.2) is 0 Å². The highest BCUT2D eigenvalue weighted by Crippen LogP contribution is 2.12. The predicted octanol–water partition coefficient (Wildman–Crippen LogP) is 0.462. The normalized spacial score (nSPS) is 25.8. The van der Waals surface area contributed by atoms with Crippen LogP contribution >= 0.6 is 0 Å². The molecule has 0 aromatic heterocycles. The van der Waals surface area contributed by atoms with Crippen LogP contribution in [0.25, 0.3) is 0 Å². The van der Waals surface area contributed by atoms with Gasteiger partial charge in [0.2, 0.25) is 6.29 Å². The molecule has 0 fully saturated rings. The summed E-state index contributed by atoms with van der Waals surface area (Å²) < 4.78 is 9.40. The summed E-state index contributed by atoms with van der Waals surface area (Å²) in [5, 5.41) is 0. The molecule has 0 amide bonds. The molecule has 0 saturated heterocycles. The molecule has 0 bridgehead atoms. The minimum Gasteiger partial charge on any atom is -0.429 e. The Morgan fingerprint density at radius 2 is 2.44 bits per heavy atom. The molecular weight excluding hydrogens is 120 g/mol. The average molecular weight is 128 g/mol. The van der Waals surface area contributed by atoms with Crippen LogP contribution in [0.2, 0.25) is 0 Å². The first kappa shape index (κ1) is 6.29. The van der Waals surface area contributed by atoms with E-state index in [1.807, 2.05) is 0 Å². The lowest BCUT2D eigenvalue weighted by Crippen LogP contribution is -2.09. The Kier molecular flexibility index (Phi) is 1.53. The van der Waals surface area contributed by atoms with Gasteiger partial charge in [0.1, 0.15) is 0 Å². The second-order valence-electron chi connectivity index (χ2n) is 1.86. The molecule has 0 spiro atoms. The van der Waals surface area contributed by atoms with Crippen molar-refractivity contribution in [2.75, 3.05) is 7.11 Å². The lowest BCUT2D eigenvalue weighted by molar-refractivity contribution is -0.154. The third-order valence-electron chi connectivity index (χ3n) is 1.16. The minimum atomic E-state index is -0.461. The van der Waals surface area contributed by atoms with E-state index >= 15 is 0 Å². The van der Waals surface area contributed by atoms with Crippen molar-refractivity contribution < 1.29 is 14.3 Å². The Bertz CT molecular complexity index is 160. The molecule has 3 heteroatoms. The highest BCUT2D eigenvalue weighted by molar-refractivity contribution is 5.89. The Balaban J connectivity index is 2.62. The molecule has 1 aliphatic heterocycles. The fraction of sp³-hybridized carbons (Fsp3) is 0.500. The summed E-state index contributed by atoms with van der Waals surface area (Å²) in [7, 11) is 1.49. The van der Waals surface area contributed by atoms with Crippen LogP contribution in [-0.2, 0) is 14.3 Å². The molecular formula is C6H8O3. The zero-order valence-corrected chi connectivity index (χ0v) is 5.38. The Morgan fingerprint density at radius 1 is 1.78 bits per heavy atom. The van der Waals surface area contributed by atoms with E-state index in [1.54, 1.807) is 13.0 Å². The van der Waals surface area contributed by atoms with Gasteiger partial charge in [-0.2, -0.15) is 0 Å². The highest BCUT2D eigenvalue weighted by Gasteiger charge is 2.20. The van der Waals surface area contributed by atoms with E-state index in [1.165, 1.54) is 7.11 Å². The number of cyclic esters (lactones) is 1. The summed E-state index contributed by atoms with van der Waals surface area (Å²) in [6, 6.07) is 0. The molecule has 0 saturated carbocycles. The molecule has 9 heavy (non-hydrogen) atoms. The van der Waals surface area contributed by atoms with Gasteiger partial charge in [0, 0.05) is 12.7 Å². The van der Waals surface area contributed by atoms with E-state index in [-0.39, 0.29) is 5.97 Å². The number of methoxy groups -OCH3 is 1. The van der Waals surface area contributed by atoms with Gasteiger partial charge < -0.3 is 9.47 Å². The molecule has 1 aliphatic rings. The SMILES string of the molecule is CO[C@H]1C=C(C)C(=O)O1. The van der Waals surface area contributed by atoms with Crippen molar-refractivity contribution in [3.63, 3.8) is 0 Å². The van der Waals surface area contributed by atoms with Crippen LogP contribution in [-0.4, -0.2) is 19.4 Å². The molecule has 1 rings (SSSR count). The van der Waals surface area contributed by atoms with E-state index in [0.29, 0.717) is 5.57 Å². The van der Waals surface area contributed by atoms with Gasteiger partial charge in [-0.1, -0.05) is 0 Å². The quantitative estimate of drug-likeness (QED) is 0.481. The summed E-state index contributed by atoms with van der Waals surface area (Å²) in [6.45, 7) is 1.70. The summed E-state index contributed by atoms with van der Waals surface area (Å²) in [5.74, 6) is -0.290. The van der Waals surface area contributed by atoms with Crippen LogP contribution in [0.1, 0.15) is 6.92 Å². The smallest absolute Gasteiger partial charge is 0.336 e. The molecule has 0 unspecified atom stereocenters. The second kappa shape index (κ2) is 2.19. The van der Waals surface area contributed by atoms with Crippen molar-refractivity contribution >= 4 is 5.97 Å². The Hall–Kier alpha value is -0.830. The first-order chi connectivity index (χ1) is 4.24. The predicted molar refractivity (Wildman–Crippen MR) is 30.6 cm³/mol. The van der Waals surface area contributed by atoms with Crippen LogP contribution in [0.4, 0.5) is 0 Å². The number of esters is 1. The summed E-state index contributed by atoms with van der Waals surface area (Å²) in [5.41, 5.74) is 0.613. The van der Waals surface area contributed by atoms with Crippen LogP contribution in [0.5, 0.6) is 0 Å². The lowest BCUT2D eigenvalue weighted by Gasteiger charge is -2.02. The van der Waals surface area contributed by atoms with E-state index in [9.17, 15) is 4.79 Å². The maximum Gasteiger partial charge on any atom is 0.336 e. The number of hydrogen-bond acceptors (Lipinski definition) is 3. The van der Waals surface area contributed by atoms with Gasteiger partial charge in [-0.05, 0) is 13.0 Å². The van der Waals surface area contributed by atoms with Crippen molar-refractivity contribution in [3.8, 4) is 0 Å². The summed E-state index contributed by atoms with van der Waals surface area (Å²) >= 11 is 0. The zero-order valence-electron chi connectivity index (χ0n) is 5.38. The van der Waals surface area contributed by atoms with Gasteiger partial charge in [-0.25, -0.2) is 4.79 Å². The molecule has 1 atom stereocenters. The highest BCUT2D eigenvalue weighted by atomic mass is 16.7. The molecule has 0 aromatic rings. The fourth-order valence-corrected chi connectivity index (χ4v) is 0.621. The van der Waals surface area contributed by atoms with Crippen LogP contribution in [0.15, 0.2) is 11.6 Å². The van der Waals surface area contributed by atoms with Crippen LogP contribution in [0, 0.1) is 0 Å². The summed E-state index contributed by atoms with van der Waals surface area (Å²) in [6.07, 6.45) is 1.18. The number of hydrogen-bond donors (Lipinski definition) is 0. The minimum absolute atomic E-state index is 0.290. The maximum absolute atomic E-state index is 10.6. The Labute approximate surface area is 53.3 Å². The van der Waals surface area contributed by atoms with Gasteiger partial charge in [-0.3, -0.25) is 0 Å². The first-order valence-corrected chi connectivity index (χ1v) is 2.66. The van der Waals surface area contributed by atoms with Crippen molar-refractivity contribution in [2.24, 2.45) is 0 Å². The number of carbonyl (C=O) groups is 1. The standard InChI is InChI=1S/C6H8O3/c1-4-3-5(8-2)9-6(4)7/h3,5H,1-2H3/t5-/m1/s1. The van der Waals surface area contributed by atoms with E-state index < -0.39 is 6.29 Å². The molecule has 0 N–H and O–H groups in total. The molecule has 1 heterocycles. The third kappa shape index (κ3) is 1.10. The first-order valence-electron chi connectivity index (χ1n) is 2.66. The van der Waals surface area contributed by atoms with Gasteiger partial charge >= 0.3 is 5.97 Å². The third-order valence-corrected chi connectivity index (χ3v) is 1.16. The topological polar surface area (TPSA) is 35.5 Å². The van der Waals surface area contributed by atoms with Crippen molar-refractivity contribution in [3.05, 3.63) is 11.6 Å². The van der Waals surface area contributed by atoms with E-state index in [0.717, 1.165) is 0 Å². The largest absolute Gasteiger partial charge is 0.429 e. The molecule has 0 aromatic carbocycles. The monoisotopic (exact) mass is 128 g/mol. The van der Waals surface area contributed by atoms with Gasteiger partial charge in [-0.15, -0.1) is 0 Å². The number of carbonyl (C=O) groups excluding carboxylic acids is 1.